The first kappa shape index (κ1) is 10.7. The monoisotopic (exact) mass is 171 g/mol. The maximum absolute atomic E-state index is 5.52. The second kappa shape index (κ2) is 3.88. The Kier molecular flexibility index (Phi) is 3.76. The topological polar surface area (TPSA) is 78.1 Å². The molecule has 0 saturated carbocycles. The zero-order chi connectivity index (χ0) is 9.07. The predicted molar refractivity (Wildman–Crippen MR) is 51.3 cm³/mol. The van der Waals surface area contributed by atoms with Crippen molar-refractivity contribution < 1.29 is 0 Å². The van der Waals surface area contributed by atoms with Gasteiger partial charge in [0.05, 0.1) is 12.2 Å². The summed E-state index contributed by atoms with van der Waals surface area (Å²) in [6, 6.07) is -0.387. The Bertz CT molecular complexity index is 172. The molecule has 0 bridgehead atoms. The third-order valence-corrected chi connectivity index (χ3v) is 1.92. The van der Waals surface area contributed by atoms with Gasteiger partial charge in [0.2, 0.25) is 0 Å². The summed E-state index contributed by atoms with van der Waals surface area (Å²) in [6.07, 6.45) is -0.529. The maximum Gasteiger partial charge on any atom is 0.129 e. The fourth-order valence-electron chi connectivity index (χ4n) is 0.396. The molecule has 0 amide bonds. The Morgan fingerprint density at radius 2 is 1.55 bits per heavy atom. The molecule has 0 saturated heterocycles. The summed E-state index contributed by atoms with van der Waals surface area (Å²) in [4.78, 5) is 0. The predicted octanol–water partition coefficient (Wildman–Crippen LogP) is -0.562. The summed E-state index contributed by atoms with van der Waals surface area (Å²) >= 11 is 0. The summed E-state index contributed by atoms with van der Waals surface area (Å²) in [7, 11) is -1.32. The van der Waals surface area contributed by atoms with Crippen LogP contribution in [0.2, 0.25) is 19.6 Å². The van der Waals surface area contributed by atoms with Crippen LogP contribution in [0.25, 0.3) is 0 Å². The van der Waals surface area contributed by atoms with E-state index in [0.717, 1.165) is 0 Å². The third-order valence-electron chi connectivity index (χ3n) is 1.03. The Morgan fingerprint density at radius 1 is 1.09 bits per heavy atom. The van der Waals surface area contributed by atoms with Gasteiger partial charge in [0.1, 0.15) is 8.07 Å². The zero-order valence-electron chi connectivity index (χ0n) is 7.39. The lowest BCUT2D eigenvalue weighted by Crippen LogP contribution is -2.47. The minimum atomic E-state index is -1.32. The van der Waals surface area contributed by atoms with Crippen molar-refractivity contribution in [2.75, 3.05) is 0 Å². The number of hydrogen-bond acceptors (Lipinski definition) is 3. The van der Waals surface area contributed by atoms with E-state index in [-0.39, 0.29) is 6.04 Å². The standard InChI is InChI=1S/C7H17N3Si/c1-11(2,3)5-4-6(8)7(9)10/h6-7H,8-10H2,1-3H3. The van der Waals surface area contributed by atoms with Gasteiger partial charge in [-0.05, 0) is 0 Å². The van der Waals surface area contributed by atoms with Crippen LogP contribution in [0, 0.1) is 11.5 Å². The highest BCUT2D eigenvalue weighted by Crippen LogP contribution is 1.96. The molecule has 0 radical (unpaired) electrons. The van der Waals surface area contributed by atoms with Gasteiger partial charge in [0.25, 0.3) is 0 Å². The van der Waals surface area contributed by atoms with E-state index in [2.05, 4.69) is 31.1 Å². The summed E-state index contributed by atoms with van der Waals surface area (Å²) in [5, 5.41) is 0. The lowest BCUT2D eigenvalue weighted by molar-refractivity contribution is 0.638. The van der Waals surface area contributed by atoms with Crippen molar-refractivity contribution in [1.82, 2.24) is 0 Å². The first-order valence-electron chi connectivity index (χ1n) is 3.62. The minimum absolute atomic E-state index is 0.387. The van der Waals surface area contributed by atoms with E-state index < -0.39 is 14.2 Å². The minimum Gasteiger partial charge on any atom is -0.315 e. The van der Waals surface area contributed by atoms with Gasteiger partial charge in [-0.25, -0.2) is 0 Å². The van der Waals surface area contributed by atoms with Gasteiger partial charge in [0, 0.05) is 0 Å². The highest BCUT2D eigenvalue weighted by molar-refractivity contribution is 6.83. The molecular formula is C7H17N3Si. The SMILES string of the molecule is C[Si](C)(C)C#CC(N)C(N)N. The molecule has 0 rings (SSSR count). The lowest BCUT2D eigenvalue weighted by atomic mass is 10.3. The molecule has 11 heavy (non-hydrogen) atoms. The van der Waals surface area contributed by atoms with E-state index in [4.69, 9.17) is 17.2 Å². The first-order valence-corrected chi connectivity index (χ1v) is 7.12. The normalized spacial score (nSPS) is 14.1. The molecular weight excluding hydrogens is 154 g/mol. The van der Waals surface area contributed by atoms with Crippen LogP contribution in [-0.4, -0.2) is 20.3 Å². The summed E-state index contributed by atoms with van der Waals surface area (Å²) < 4.78 is 0. The molecule has 0 aromatic heterocycles. The Morgan fingerprint density at radius 3 is 1.82 bits per heavy atom. The summed E-state index contributed by atoms with van der Waals surface area (Å²) in [6.45, 7) is 6.44. The lowest BCUT2D eigenvalue weighted by Gasteiger charge is -2.09. The van der Waals surface area contributed by atoms with Crippen LogP contribution < -0.4 is 17.2 Å². The number of nitrogens with two attached hydrogens (primary N) is 3. The van der Waals surface area contributed by atoms with Gasteiger partial charge in [0.15, 0.2) is 0 Å². The molecule has 0 aliphatic heterocycles. The van der Waals surface area contributed by atoms with Crippen LogP contribution in [0.4, 0.5) is 0 Å². The average molecular weight is 171 g/mol. The van der Waals surface area contributed by atoms with Crippen molar-refractivity contribution in [2.24, 2.45) is 17.2 Å². The molecule has 0 aromatic rings. The highest BCUT2D eigenvalue weighted by Gasteiger charge is 2.09. The van der Waals surface area contributed by atoms with Crippen molar-refractivity contribution in [3.63, 3.8) is 0 Å². The zero-order valence-corrected chi connectivity index (χ0v) is 8.39. The first-order chi connectivity index (χ1) is 4.83. The molecule has 1 atom stereocenters. The molecule has 4 heteroatoms. The van der Waals surface area contributed by atoms with Crippen molar-refractivity contribution >= 4 is 8.07 Å². The van der Waals surface area contributed by atoms with E-state index >= 15 is 0 Å². The number of rotatable bonds is 1. The fraction of sp³-hybridized carbons (Fsp3) is 0.714. The molecule has 0 aliphatic carbocycles. The van der Waals surface area contributed by atoms with Crippen LogP contribution in [0.5, 0.6) is 0 Å². The summed E-state index contributed by atoms with van der Waals surface area (Å²) in [5.74, 6) is 2.86. The number of hydrogen-bond donors (Lipinski definition) is 3. The second-order valence-electron chi connectivity index (χ2n) is 3.62. The van der Waals surface area contributed by atoms with Crippen LogP contribution in [-0.2, 0) is 0 Å². The van der Waals surface area contributed by atoms with Crippen molar-refractivity contribution in [2.45, 2.75) is 31.8 Å². The van der Waals surface area contributed by atoms with Crippen LogP contribution in [0.3, 0.4) is 0 Å². The molecule has 3 nitrogen and oxygen atoms in total. The van der Waals surface area contributed by atoms with Crippen LogP contribution in [0.1, 0.15) is 0 Å². The van der Waals surface area contributed by atoms with Gasteiger partial charge in [-0.2, -0.15) is 0 Å². The fourth-order valence-corrected chi connectivity index (χ4v) is 0.996. The van der Waals surface area contributed by atoms with Gasteiger partial charge in [-0.1, -0.05) is 25.6 Å². The Balaban J connectivity index is 4.08. The molecule has 0 fully saturated rings. The summed E-state index contributed by atoms with van der Waals surface area (Å²) in [5.41, 5.74) is 19.3. The van der Waals surface area contributed by atoms with Crippen LogP contribution >= 0.6 is 0 Å². The molecule has 0 heterocycles. The maximum atomic E-state index is 5.52. The van der Waals surface area contributed by atoms with Crippen molar-refractivity contribution in [3.8, 4) is 11.5 Å². The van der Waals surface area contributed by atoms with Gasteiger partial charge in [-0.3, -0.25) is 0 Å². The molecule has 64 valence electrons. The van der Waals surface area contributed by atoms with E-state index in [1.165, 1.54) is 0 Å². The average Bonchev–Trinajstić information content (AvgIpc) is 1.80. The molecule has 6 N–H and O–H groups in total. The van der Waals surface area contributed by atoms with Gasteiger partial charge in [-0.15, -0.1) is 5.54 Å². The second-order valence-corrected chi connectivity index (χ2v) is 8.37. The van der Waals surface area contributed by atoms with E-state index in [1.54, 1.807) is 0 Å². The molecule has 0 spiro atoms. The van der Waals surface area contributed by atoms with E-state index in [1.807, 2.05) is 0 Å². The molecule has 0 aliphatic rings. The smallest absolute Gasteiger partial charge is 0.129 e. The van der Waals surface area contributed by atoms with Gasteiger partial charge >= 0.3 is 0 Å². The van der Waals surface area contributed by atoms with Crippen molar-refractivity contribution in [1.29, 1.82) is 0 Å². The van der Waals surface area contributed by atoms with E-state index in [0.29, 0.717) is 0 Å². The largest absolute Gasteiger partial charge is 0.315 e. The Hall–Kier alpha value is -0.343. The third kappa shape index (κ3) is 6.07. The van der Waals surface area contributed by atoms with Crippen molar-refractivity contribution in [3.05, 3.63) is 0 Å². The van der Waals surface area contributed by atoms with E-state index in [9.17, 15) is 0 Å². The quantitative estimate of drug-likeness (QED) is 0.281. The van der Waals surface area contributed by atoms with Crippen LogP contribution in [0.15, 0.2) is 0 Å². The highest BCUT2D eigenvalue weighted by atomic mass is 28.3. The molecule has 1 unspecified atom stereocenters. The van der Waals surface area contributed by atoms with Gasteiger partial charge < -0.3 is 17.2 Å². The molecule has 0 aromatic carbocycles. The Labute approximate surface area is 69.3 Å².